The summed E-state index contributed by atoms with van der Waals surface area (Å²) in [6, 6.07) is 7.58. The molecule has 0 saturated carbocycles. The second-order valence-corrected chi connectivity index (χ2v) is 5.32. The van der Waals surface area contributed by atoms with E-state index < -0.39 is 5.91 Å². The van der Waals surface area contributed by atoms with Crippen molar-refractivity contribution in [2.45, 2.75) is 19.9 Å². The van der Waals surface area contributed by atoms with Gasteiger partial charge in [-0.05, 0) is 36.7 Å². The molecule has 20 heavy (non-hydrogen) atoms. The van der Waals surface area contributed by atoms with Gasteiger partial charge in [0.05, 0.1) is 5.69 Å². The van der Waals surface area contributed by atoms with Gasteiger partial charge < -0.3 is 11.1 Å². The van der Waals surface area contributed by atoms with Gasteiger partial charge in [0.1, 0.15) is 5.69 Å². The number of nitrogens with one attached hydrogen (secondary N) is 1. The molecule has 1 amide bonds. The van der Waals surface area contributed by atoms with Gasteiger partial charge >= 0.3 is 0 Å². The zero-order chi connectivity index (χ0) is 14.5. The number of carbonyl (C=O) groups excluding carboxylic acids is 1. The first kappa shape index (κ1) is 14.7. The SMILES string of the molecule is CCCNCc1ccc(-n2ccc(C(N)=O)n2)cc1Br. The Morgan fingerprint density at radius 2 is 2.25 bits per heavy atom. The summed E-state index contributed by atoms with van der Waals surface area (Å²) in [6.07, 6.45) is 2.83. The van der Waals surface area contributed by atoms with E-state index in [1.165, 1.54) is 5.56 Å². The highest BCUT2D eigenvalue weighted by Crippen LogP contribution is 2.20. The number of primary amides is 1. The molecule has 1 heterocycles. The standard InChI is InChI=1S/C14H17BrN4O/c1-2-6-17-9-10-3-4-11(8-12(10)15)19-7-5-13(18-19)14(16)20/h3-5,7-8,17H,2,6,9H2,1H3,(H2,16,20). The number of halogens is 1. The van der Waals surface area contributed by atoms with Crippen molar-refractivity contribution < 1.29 is 4.79 Å². The summed E-state index contributed by atoms with van der Waals surface area (Å²) in [5, 5.41) is 7.49. The van der Waals surface area contributed by atoms with E-state index in [4.69, 9.17) is 5.73 Å². The van der Waals surface area contributed by atoms with Crippen LogP contribution in [0, 0.1) is 0 Å². The second kappa shape index (κ2) is 6.67. The van der Waals surface area contributed by atoms with Crippen LogP contribution < -0.4 is 11.1 Å². The molecule has 0 spiro atoms. The Bertz CT molecular complexity index is 609. The number of benzene rings is 1. The van der Waals surface area contributed by atoms with Crippen LogP contribution in [-0.4, -0.2) is 22.2 Å². The first-order valence-corrected chi connectivity index (χ1v) is 7.26. The lowest BCUT2D eigenvalue weighted by Crippen LogP contribution is -2.14. The monoisotopic (exact) mass is 336 g/mol. The first-order chi connectivity index (χ1) is 9.61. The average Bonchev–Trinajstić information content (AvgIpc) is 2.90. The van der Waals surface area contributed by atoms with Crippen LogP contribution in [0.25, 0.3) is 5.69 Å². The molecule has 0 aliphatic rings. The summed E-state index contributed by atoms with van der Waals surface area (Å²) in [6.45, 7) is 3.95. The van der Waals surface area contributed by atoms with Crippen molar-refractivity contribution in [1.29, 1.82) is 0 Å². The third-order valence-electron chi connectivity index (χ3n) is 2.88. The fourth-order valence-corrected chi connectivity index (χ4v) is 2.33. The summed E-state index contributed by atoms with van der Waals surface area (Å²) >= 11 is 3.56. The average molecular weight is 337 g/mol. The van der Waals surface area contributed by atoms with Gasteiger partial charge in [-0.1, -0.05) is 28.9 Å². The second-order valence-electron chi connectivity index (χ2n) is 4.46. The van der Waals surface area contributed by atoms with Gasteiger partial charge in [-0.15, -0.1) is 0 Å². The highest BCUT2D eigenvalue weighted by molar-refractivity contribution is 9.10. The predicted octanol–water partition coefficient (Wildman–Crippen LogP) is 2.23. The van der Waals surface area contributed by atoms with Crippen molar-refractivity contribution in [3.8, 4) is 5.69 Å². The highest BCUT2D eigenvalue weighted by Gasteiger charge is 2.07. The summed E-state index contributed by atoms with van der Waals surface area (Å²) in [5.41, 5.74) is 7.52. The Balaban J connectivity index is 2.17. The van der Waals surface area contributed by atoms with Crippen molar-refractivity contribution in [1.82, 2.24) is 15.1 Å². The number of hydrogen-bond donors (Lipinski definition) is 2. The molecule has 0 unspecified atom stereocenters. The Labute approximate surface area is 126 Å². The number of aromatic nitrogens is 2. The fourth-order valence-electron chi connectivity index (χ4n) is 1.82. The van der Waals surface area contributed by atoms with Crippen molar-refractivity contribution in [3.05, 3.63) is 46.2 Å². The van der Waals surface area contributed by atoms with Crippen molar-refractivity contribution >= 4 is 21.8 Å². The maximum Gasteiger partial charge on any atom is 0.269 e. The topological polar surface area (TPSA) is 72.9 Å². The lowest BCUT2D eigenvalue weighted by Gasteiger charge is -2.08. The summed E-state index contributed by atoms with van der Waals surface area (Å²) < 4.78 is 2.64. The number of nitrogens with zero attached hydrogens (tertiary/aromatic N) is 2. The molecule has 106 valence electrons. The number of rotatable bonds is 6. The molecule has 0 aliphatic carbocycles. The van der Waals surface area contributed by atoms with Crippen molar-refractivity contribution in [2.24, 2.45) is 5.73 Å². The van der Waals surface area contributed by atoms with Crippen molar-refractivity contribution in [2.75, 3.05) is 6.54 Å². The molecule has 0 bridgehead atoms. The van der Waals surface area contributed by atoms with E-state index in [9.17, 15) is 4.79 Å². The zero-order valence-electron chi connectivity index (χ0n) is 11.3. The highest BCUT2D eigenvalue weighted by atomic mass is 79.9. The molecule has 0 atom stereocenters. The summed E-state index contributed by atoms with van der Waals surface area (Å²) in [5.74, 6) is -0.525. The molecule has 1 aromatic heterocycles. The molecule has 0 fully saturated rings. The molecule has 2 aromatic rings. The largest absolute Gasteiger partial charge is 0.364 e. The Hall–Kier alpha value is -1.66. The van der Waals surface area contributed by atoms with Gasteiger partial charge in [0, 0.05) is 17.2 Å². The predicted molar refractivity (Wildman–Crippen MR) is 81.8 cm³/mol. The van der Waals surface area contributed by atoms with E-state index in [0.29, 0.717) is 0 Å². The molecule has 3 N–H and O–H groups in total. The number of hydrogen-bond acceptors (Lipinski definition) is 3. The normalized spacial score (nSPS) is 10.7. The Kier molecular flexibility index (Phi) is 4.92. The van der Waals surface area contributed by atoms with Crippen LogP contribution in [0.5, 0.6) is 0 Å². The van der Waals surface area contributed by atoms with Crippen LogP contribution in [0.15, 0.2) is 34.9 Å². The molecular weight excluding hydrogens is 320 g/mol. The van der Waals surface area contributed by atoms with E-state index in [0.717, 1.165) is 29.7 Å². The molecular formula is C14H17BrN4O. The molecule has 0 radical (unpaired) electrons. The van der Waals surface area contributed by atoms with Gasteiger partial charge in [-0.2, -0.15) is 5.10 Å². The molecule has 0 aliphatic heterocycles. The smallest absolute Gasteiger partial charge is 0.269 e. The van der Waals surface area contributed by atoms with E-state index in [1.807, 2.05) is 18.2 Å². The van der Waals surface area contributed by atoms with Gasteiger partial charge in [-0.3, -0.25) is 4.79 Å². The summed E-state index contributed by atoms with van der Waals surface area (Å²) in [4.78, 5) is 11.0. The quantitative estimate of drug-likeness (QED) is 0.794. The lowest BCUT2D eigenvalue weighted by atomic mass is 10.2. The summed E-state index contributed by atoms with van der Waals surface area (Å²) in [7, 11) is 0. The minimum Gasteiger partial charge on any atom is -0.364 e. The van der Waals surface area contributed by atoms with E-state index >= 15 is 0 Å². The van der Waals surface area contributed by atoms with Crippen LogP contribution in [0.4, 0.5) is 0 Å². The minimum absolute atomic E-state index is 0.259. The van der Waals surface area contributed by atoms with Crippen LogP contribution in [0.2, 0.25) is 0 Å². The minimum atomic E-state index is -0.525. The maximum atomic E-state index is 11.0. The van der Waals surface area contributed by atoms with Crippen molar-refractivity contribution in [3.63, 3.8) is 0 Å². The van der Waals surface area contributed by atoms with Gasteiger partial charge in [0.25, 0.3) is 5.91 Å². The van der Waals surface area contributed by atoms with Gasteiger partial charge in [0.15, 0.2) is 0 Å². The first-order valence-electron chi connectivity index (χ1n) is 6.47. The Morgan fingerprint density at radius 1 is 1.45 bits per heavy atom. The third kappa shape index (κ3) is 3.46. The Morgan fingerprint density at radius 3 is 2.85 bits per heavy atom. The molecule has 1 aromatic carbocycles. The van der Waals surface area contributed by atoms with E-state index in [-0.39, 0.29) is 5.69 Å². The van der Waals surface area contributed by atoms with E-state index in [1.54, 1.807) is 16.9 Å². The number of carbonyl (C=O) groups is 1. The lowest BCUT2D eigenvalue weighted by molar-refractivity contribution is 0.0995. The number of amides is 1. The molecule has 6 heteroatoms. The number of nitrogens with two attached hydrogens (primary N) is 1. The molecule has 5 nitrogen and oxygen atoms in total. The molecule has 0 saturated heterocycles. The van der Waals surface area contributed by atoms with Crippen LogP contribution in [-0.2, 0) is 6.54 Å². The van der Waals surface area contributed by atoms with Gasteiger partial charge in [0.2, 0.25) is 0 Å². The van der Waals surface area contributed by atoms with Crippen LogP contribution in [0.1, 0.15) is 29.4 Å². The van der Waals surface area contributed by atoms with E-state index in [2.05, 4.69) is 33.3 Å². The fraction of sp³-hybridized carbons (Fsp3) is 0.286. The third-order valence-corrected chi connectivity index (χ3v) is 3.62. The van der Waals surface area contributed by atoms with Gasteiger partial charge in [-0.25, -0.2) is 4.68 Å². The molecule has 2 rings (SSSR count). The van der Waals surface area contributed by atoms with Crippen LogP contribution in [0.3, 0.4) is 0 Å². The maximum absolute atomic E-state index is 11.0. The zero-order valence-corrected chi connectivity index (χ0v) is 12.9. The van der Waals surface area contributed by atoms with Crippen LogP contribution >= 0.6 is 15.9 Å².